The number of hydrogen-bond donors (Lipinski definition) is 0. The zero-order valence-corrected chi connectivity index (χ0v) is 15.0. The molecule has 1 amide bonds. The maximum absolute atomic E-state index is 14.1. The summed E-state index contributed by atoms with van der Waals surface area (Å²) in [6, 6.07) is 11.7. The molecule has 0 atom stereocenters. The zero-order valence-electron chi connectivity index (χ0n) is 14.2. The number of hydrogen-bond acceptors (Lipinski definition) is 6. The van der Waals surface area contributed by atoms with Gasteiger partial charge in [0.1, 0.15) is 18.2 Å². The lowest BCUT2D eigenvalue weighted by Crippen LogP contribution is -2.23. The number of para-hydroxylation sites is 1. The highest BCUT2D eigenvalue weighted by atomic mass is 32.1. The summed E-state index contributed by atoms with van der Waals surface area (Å²) in [7, 11) is 0. The number of nitrogens with zero attached hydrogens (tertiary/aromatic N) is 3. The molecule has 3 aromatic rings. The van der Waals surface area contributed by atoms with Crippen LogP contribution in [-0.2, 0) is 11.4 Å². The highest BCUT2D eigenvalue weighted by molar-refractivity contribution is 7.14. The number of ether oxygens (including phenoxy) is 1. The van der Waals surface area contributed by atoms with Crippen LogP contribution in [0, 0.1) is 15.9 Å². The van der Waals surface area contributed by atoms with E-state index in [1.165, 1.54) is 59.6 Å². The van der Waals surface area contributed by atoms with Crippen LogP contribution in [0.15, 0.2) is 53.9 Å². The molecule has 0 radical (unpaired) electrons. The number of benzene rings is 2. The van der Waals surface area contributed by atoms with E-state index in [-0.39, 0.29) is 23.9 Å². The molecule has 0 bridgehead atoms. The van der Waals surface area contributed by atoms with Crippen LogP contribution in [0.5, 0.6) is 5.75 Å². The summed E-state index contributed by atoms with van der Waals surface area (Å²) in [6.07, 6.45) is 0. The summed E-state index contributed by atoms with van der Waals surface area (Å²) in [6.45, 7) is 1.38. The van der Waals surface area contributed by atoms with E-state index in [1.807, 2.05) is 0 Å². The Morgan fingerprint density at radius 2 is 2.07 bits per heavy atom. The third-order valence-corrected chi connectivity index (χ3v) is 4.43. The number of aromatic nitrogens is 1. The zero-order chi connectivity index (χ0) is 19.4. The van der Waals surface area contributed by atoms with Crippen LogP contribution >= 0.6 is 11.3 Å². The van der Waals surface area contributed by atoms with Crippen LogP contribution in [0.4, 0.5) is 20.9 Å². The third-order valence-electron chi connectivity index (χ3n) is 3.55. The van der Waals surface area contributed by atoms with Gasteiger partial charge < -0.3 is 4.74 Å². The van der Waals surface area contributed by atoms with Crippen LogP contribution in [0.2, 0.25) is 0 Å². The van der Waals surface area contributed by atoms with Gasteiger partial charge in [-0.05, 0) is 18.2 Å². The number of non-ortho nitro benzene ring substituents is 1. The molecule has 0 saturated carbocycles. The third kappa shape index (κ3) is 4.26. The first-order valence-electron chi connectivity index (χ1n) is 7.82. The highest BCUT2D eigenvalue weighted by Gasteiger charge is 2.21. The minimum atomic E-state index is -0.530. The van der Waals surface area contributed by atoms with Crippen LogP contribution in [0.3, 0.4) is 0 Å². The maximum Gasteiger partial charge on any atom is 0.273 e. The average molecular weight is 387 g/mol. The molecule has 1 heterocycles. The Morgan fingerprint density at radius 1 is 1.30 bits per heavy atom. The van der Waals surface area contributed by atoms with Crippen LogP contribution < -0.4 is 9.64 Å². The molecule has 0 unspecified atom stereocenters. The SMILES string of the molecule is CC(=O)N(c1nc(COc2cccc([N+](=O)[O-])c2)cs1)c1ccccc1F. The van der Waals surface area contributed by atoms with E-state index < -0.39 is 10.7 Å². The molecular weight excluding hydrogens is 373 g/mol. The molecule has 27 heavy (non-hydrogen) atoms. The Bertz CT molecular complexity index is 992. The molecule has 0 spiro atoms. The number of halogens is 1. The van der Waals surface area contributed by atoms with Gasteiger partial charge in [-0.15, -0.1) is 11.3 Å². The van der Waals surface area contributed by atoms with Crippen molar-refractivity contribution in [2.24, 2.45) is 0 Å². The summed E-state index contributed by atoms with van der Waals surface area (Å²) in [5.74, 6) is -0.575. The summed E-state index contributed by atoms with van der Waals surface area (Å²) in [5.41, 5.74) is 0.559. The molecule has 9 heteroatoms. The van der Waals surface area contributed by atoms with E-state index in [0.29, 0.717) is 16.6 Å². The average Bonchev–Trinajstić information content (AvgIpc) is 3.10. The largest absolute Gasteiger partial charge is 0.487 e. The first kappa shape index (κ1) is 18.5. The standard InChI is InChI=1S/C18H14FN3O4S/c1-12(23)21(17-8-3-2-7-16(17)19)18-20-13(11-27-18)10-26-15-6-4-5-14(9-15)22(24)25/h2-9,11H,10H2,1H3. The Kier molecular flexibility index (Phi) is 5.41. The van der Waals surface area contributed by atoms with Crippen molar-refractivity contribution >= 4 is 33.8 Å². The monoisotopic (exact) mass is 387 g/mol. The molecule has 3 rings (SSSR count). The number of amides is 1. The topological polar surface area (TPSA) is 85.6 Å². The molecule has 0 saturated heterocycles. The summed E-state index contributed by atoms with van der Waals surface area (Å²) in [4.78, 5) is 27.8. The lowest BCUT2D eigenvalue weighted by Gasteiger charge is -2.18. The van der Waals surface area contributed by atoms with Gasteiger partial charge in [0.25, 0.3) is 5.69 Å². The van der Waals surface area contributed by atoms with Crippen molar-refractivity contribution in [2.45, 2.75) is 13.5 Å². The minimum absolute atomic E-state index is 0.0562. The number of thiazole rings is 1. The van der Waals surface area contributed by atoms with Crippen LogP contribution in [0.25, 0.3) is 0 Å². The summed E-state index contributed by atoms with van der Waals surface area (Å²) in [5, 5.41) is 12.8. The molecule has 0 aliphatic carbocycles. The van der Waals surface area contributed by atoms with Crippen molar-refractivity contribution in [1.29, 1.82) is 0 Å². The Balaban J connectivity index is 1.77. The van der Waals surface area contributed by atoms with Gasteiger partial charge in [0, 0.05) is 18.4 Å². The van der Waals surface area contributed by atoms with Gasteiger partial charge in [-0.3, -0.25) is 19.8 Å². The molecule has 2 aromatic carbocycles. The quantitative estimate of drug-likeness (QED) is 0.461. The fraction of sp³-hybridized carbons (Fsp3) is 0.111. The Labute approximate surface area is 157 Å². The predicted octanol–water partition coefficient (Wildman–Crippen LogP) is 4.45. The number of nitro benzene ring substituents is 1. The normalized spacial score (nSPS) is 10.4. The van der Waals surface area contributed by atoms with E-state index in [4.69, 9.17) is 4.74 Å². The van der Waals surface area contributed by atoms with Gasteiger partial charge in [0.2, 0.25) is 5.91 Å². The van der Waals surface area contributed by atoms with Gasteiger partial charge in [0.15, 0.2) is 5.13 Å². The molecular formula is C18H14FN3O4S. The fourth-order valence-corrected chi connectivity index (χ4v) is 3.21. The van der Waals surface area contributed by atoms with E-state index in [9.17, 15) is 19.3 Å². The van der Waals surface area contributed by atoms with Crippen molar-refractivity contribution in [3.05, 3.63) is 75.5 Å². The molecule has 0 aliphatic heterocycles. The fourth-order valence-electron chi connectivity index (χ4n) is 2.35. The van der Waals surface area contributed by atoms with Crippen molar-refractivity contribution < 1.29 is 18.8 Å². The van der Waals surface area contributed by atoms with Crippen molar-refractivity contribution in [2.75, 3.05) is 4.90 Å². The van der Waals surface area contributed by atoms with Crippen LogP contribution in [0.1, 0.15) is 12.6 Å². The Hall–Kier alpha value is -3.33. The van der Waals surface area contributed by atoms with Gasteiger partial charge in [-0.2, -0.15) is 0 Å². The molecule has 1 aromatic heterocycles. The van der Waals surface area contributed by atoms with Crippen molar-refractivity contribution in [1.82, 2.24) is 4.98 Å². The number of carbonyl (C=O) groups excluding carboxylic acids is 1. The van der Waals surface area contributed by atoms with E-state index in [0.717, 1.165) is 0 Å². The van der Waals surface area contributed by atoms with E-state index in [2.05, 4.69) is 4.98 Å². The summed E-state index contributed by atoms with van der Waals surface area (Å²) < 4.78 is 19.6. The lowest BCUT2D eigenvalue weighted by molar-refractivity contribution is -0.384. The molecule has 0 fully saturated rings. The maximum atomic E-state index is 14.1. The second kappa shape index (κ2) is 7.92. The second-order valence-corrected chi connectivity index (χ2v) is 6.31. The van der Waals surface area contributed by atoms with Crippen LogP contribution in [-0.4, -0.2) is 15.8 Å². The van der Waals surface area contributed by atoms with E-state index >= 15 is 0 Å². The minimum Gasteiger partial charge on any atom is -0.487 e. The number of anilines is 2. The Morgan fingerprint density at radius 3 is 2.78 bits per heavy atom. The van der Waals surface area contributed by atoms with Gasteiger partial charge in [-0.1, -0.05) is 18.2 Å². The highest BCUT2D eigenvalue weighted by Crippen LogP contribution is 2.31. The number of rotatable bonds is 6. The van der Waals surface area contributed by atoms with Gasteiger partial charge in [-0.25, -0.2) is 9.37 Å². The molecule has 0 N–H and O–H groups in total. The van der Waals surface area contributed by atoms with Gasteiger partial charge >= 0.3 is 0 Å². The smallest absolute Gasteiger partial charge is 0.273 e. The lowest BCUT2D eigenvalue weighted by atomic mass is 10.3. The predicted molar refractivity (Wildman–Crippen MR) is 98.8 cm³/mol. The molecule has 138 valence electrons. The van der Waals surface area contributed by atoms with Gasteiger partial charge in [0.05, 0.1) is 22.4 Å². The van der Waals surface area contributed by atoms with Crippen molar-refractivity contribution in [3.8, 4) is 5.75 Å². The number of carbonyl (C=O) groups is 1. The number of nitro groups is 1. The van der Waals surface area contributed by atoms with E-state index in [1.54, 1.807) is 17.5 Å². The molecule has 0 aliphatic rings. The molecule has 7 nitrogen and oxygen atoms in total. The first-order valence-corrected chi connectivity index (χ1v) is 8.70. The summed E-state index contributed by atoms with van der Waals surface area (Å²) >= 11 is 1.17. The second-order valence-electron chi connectivity index (χ2n) is 5.47. The first-order chi connectivity index (χ1) is 13.0. The van der Waals surface area contributed by atoms with Crippen molar-refractivity contribution in [3.63, 3.8) is 0 Å².